The van der Waals surface area contributed by atoms with Crippen LogP contribution in [0.2, 0.25) is 0 Å². The van der Waals surface area contributed by atoms with Crippen molar-refractivity contribution in [2.75, 3.05) is 0 Å². The zero-order chi connectivity index (χ0) is 11.8. The van der Waals surface area contributed by atoms with E-state index >= 15 is 0 Å². The normalized spacial score (nSPS) is 17.1. The molecule has 2 N–H and O–H groups in total. The van der Waals surface area contributed by atoms with Crippen LogP contribution >= 0.6 is 0 Å². The summed E-state index contributed by atoms with van der Waals surface area (Å²) in [5.74, 6) is 0. The molecule has 1 atom stereocenters. The first-order valence-electron chi connectivity index (χ1n) is 6.54. The number of aliphatic hydroxyl groups is 1. The second-order valence-corrected chi connectivity index (χ2v) is 5.22. The molecule has 17 heavy (non-hydrogen) atoms. The summed E-state index contributed by atoms with van der Waals surface area (Å²) in [7, 11) is 0. The van der Waals surface area contributed by atoms with E-state index in [1.54, 1.807) is 0 Å². The topological polar surface area (TPSA) is 36.0 Å². The Hall–Kier alpha value is -1.28. The first-order chi connectivity index (χ1) is 8.24. The van der Waals surface area contributed by atoms with Gasteiger partial charge in [-0.15, -0.1) is 0 Å². The standard InChI is InChI=1S/C15H19NO/c1-10(17)8-11-6-7-15-13(9-11)12-4-2-3-5-14(12)16-15/h6-7,9-10,16-17H,2-5,8H2,1H3. The van der Waals surface area contributed by atoms with Gasteiger partial charge >= 0.3 is 0 Å². The molecule has 0 bridgehead atoms. The van der Waals surface area contributed by atoms with Crippen molar-refractivity contribution < 1.29 is 5.11 Å². The van der Waals surface area contributed by atoms with Gasteiger partial charge in [-0.2, -0.15) is 0 Å². The Bertz CT molecular complexity index is 539. The van der Waals surface area contributed by atoms with Gasteiger partial charge in [0.1, 0.15) is 0 Å². The fourth-order valence-corrected chi connectivity index (χ4v) is 2.92. The molecule has 0 fully saturated rings. The molecule has 90 valence electrons. The molecular weight excluding hydrogens is 210 g/mol. The Morgan fingerprint density at radius 2 is 2.12 bits per heavy atom. The lowest BCUT2D eigenvalue weighted by atomic mass is 9.94. The van der Waals surface area contributed by atoms with Crippen molar-refractivity contribution in [2.45, 2.75) is 45.1 Å². The predicted octanol–water partition coefficient (Wildman–Crippen LogP) is 2.97. The summed E-state index contributed by atoms with van der Waals surface area (Å²) in [4.78, 5) is 3.53. The van der Waals surface area contributed by atoms with E-state index in [1.807, 2.05) is 6.92 Å². The van der Waals surface area contributed by atoms with Crippen molar-refractivity contribution in [3.63, 3.8) is 0 Å². The molecule has 0 amide bonds. The molecule has 2 heteroatoms. The molecule has 1 aromatic carbocycles. The third-order valence-electron chi connectivity index (χ3n) is 3.69. The maximum Gasteiger partial charge on any atom is 0.0552 e. The van der Waals surface area contributed by atoms with Gasteiger partial charge in [-0.3, -0.25) is 0 Å². The van der Waals surface area contributed by atoms with Crippen molar-refractivity contribution in [2.24, 2.45) is 0 Å². The largest absolute Gasteiger partial charge is 0.393 e. The number of aryl methyl sites for hydroxylation is 2. The van der Waals surface area contributed by atoms with Crippen LogP contribution in [-0.2, 0) is 19.3 Å². The fourth-order valence-electron chi connectivity index (χ4n) is 2.92. The molecular formula is C15H19NO. The zero-order valence-corrected chi connectivity index (χ0v) is 10.3. The molecule has 1 aromatic heterocycles. The Labute approximate surface area is 102 Å². The molecule has 0 saturated carbocycles. The highest BCUT2D eigenvalue weighted by Gasteiger charge is 2.15. The van der Waals surface area contributed by atoms with Gasteiger partial charge in [0.25, 0.3) is 0 Å². The Kier molecular flexibility index (Phi) is 2.67. The van der Waals surface area contributed by atoms with Gasteiger partial charge in [-0.1, -0.05) is 6.07 Å². The molecule has 0 spiro atoms. The third kappa shape index (κ3) is 1.98. The highest BCUT2D eigenvalue weighted by atomic mass is 16.3. The van der Waals surface area contributed by atoms with Gasteiger partial charge in [0, 0.05) is 16.6 Å². The quantitative estimate of drug-likeness (QED) is 0.816. The maximum absolute atomic E-state index is 9.46. The maximum atomic E-state index is 9.46. The van der Waals surface area contributed by atoms with Crippen LogP contribution in [0.3, 0.4) is 0 Å². The first kappa shape index (κ1) is 10.8. The summed E-state index contributed by atoms with van der Waals surface area (Å²) in [5, 5.41) is 10.8. The molecule has 2 aromatic rings. The number of aliphatic hydroxyl groups excluding tert-OH is 1. The number of aromatic nitrogens is 1. The Balaban J connectivity index is 2.08. The van der Waals surface area contributed by atoms with E-state index in [0.717, 1.165) is 6.42 Å². The van der Waals surface area contributed by atoms with Crippen molar-refractivity contribution in [1.29, 1.82) is 0 Å². The van der Waals surface area contributed by atoms with Crippen LogP contribution in [0.5, 0.6) is 0 Å². The number of H-pyrrole nitrogens is 1. The molecule has 3 rings (SSSR count). The fraction of sp³-hybridized carbons (Fsp3) is 0.467. The molecule has 1 unspecified atom stereocenters. The zero-order valence-electron chi connectivity index (χ0n) is 10.3. The van der Waals surface area contributed by atoms with Crippen LogP contribution in [0.4, 0.5) is 0 Å². The van der Waals surface area contributed by atoms with Gasteiger partial charge in [0.15, 0.2) is 0 Å². The number of rotatable bonds is 2. The number of nitrogens with one attached hydrogen (secondary N) is 1. The molecule has 2 nitrogen and oxygen atoms in total. The van der Waals surface area contributed by atoms with Crippen LogP contribution in [-0.4, -0.2) is 16.2 Å². The highest BCUT2D eigenvalue weighted by Crippen LogP contribution is 2.29. The van der Waals surface area contributed by atoms with Crippen LogP contribution in [0.25, 0.3) is 10.9 Å². The summed E-state index contributed by atoms with van der Waals surface area (Å²) in [6.45, 7) is 1.84. The Morgan fingerprint density at radius 1 is 1.29 bits per heavy atom. The first-order valence-corrected chi connectivity index (χ1v) is 6.54. The van der Waals surface area contributed by atoms with E-state index in [0.29, 0.717) is 0 Å². The van der Waals surface area contributed by atoms with Crippen LogP contribution in [0, 0.1) is 0 Å². The van der Waals surface area contributed by atoms with Gasteiger partial charge in [0.2, 0.25) is 0 Å². The molecule has 0 radical (unpaired) electrons. The smallest absolute Gasteiger partial charge is 0.0552 e. The molecule has 0 aliphatic heterocycles. The SMILES string of the molecule is CC(O)Cc1ccc2[nH]c3c(c2c1)CCCC3. The van der Waals surface area contributed by atoms with Crippen molar-refractivity contribution in [3.8, 4) is 0 Å². The van der Waals surface area contributed by atoms with E-state index in [2.05, 4.69) is 23.2 Å². The average molecular weight is 229 g/mol. The van der Waals surface area contributed by atoms with Gasteiger partial charge in [-0.05, 0) is 62.3 Å². The Morgan fingerprint density at radius 3 is 2.94 bits per heavy atom. The highest BCUT2D eigenvalue weighted by molar-refractivity contribution is 5.85. The van der Waals surface area contributed by atoms with Gasteiger partial charge in [-0.25, -0.2) is 0 Å². The summed E-state index contributed by atoms with van der Waals surface area (Å²) in [6.07, 6.45) is 5.49. The predicted molar refractivity (Wildman–Crippen MR) is 70.3 cm³/mol. The minimum Gasteiger partial charge on any atom is -0.393 e. The number of hydrogen-bond donors (Lipinski definition) is 2. The molecule has 0 saturated heterocycles. The summed E-state index contributed by atoms with van der Waals surface area (Å²) in [6, 6.07) is 6.53. The lowest BCUT2D eigenvalue weighted by Crippen LogP contribution is -2.04. The minimum absolute atomic E-state index is 0.262. The van der Waals surface area contributed by atoms with E-state index < -0.39 is 0 Å². The minimum atomic E-state index is -0.262. The van der Waals surface area contributed by atoms with Crippen molar-refractivity contribution in [3.05, 3.63) is 35.0 Å². The average Bonchev–Trinajstić information content (AvgIpc) is 2.66. The summed E-state index contributed by atoms with van der Waals surface area (Å²) < 4.78 is 0. The number of aromatic amines is 1. The summed E-state index contributed by atoms with van der Waals surface area (Å²) in [5.41, 5.74) is 5.44. The van der Waals surface area contributed by atoms with Gasteiger partial charge < -0.3 is 10.1 Å². The number of hydrogen-bond acceptors (Lipinski definition) is 1. The lowest BCUT2D eigenvalue weighted by molar-refractivity contribution is 0.195. The lowest BCUT2D eigenvalue weighted by Gasteiger charge is -2.10. The van der Waals surface area contributed by atoms with E-state index in [1.165, 1.54) is 53.4 Å². The summed E-state index contributed by atoms with van der Waals surface area (Å²) >= 11 is 0. The monoisotopic (exact) mass is 229 g/mol. The van der Waals surface area contributed by atoms with Crippen molar-refractivity contribution >= 4 is 10.9 Å². The van der Waals surface area contributed by atoms with Gasteiger partial charge in [0.05, 0.1) is 6.10 Å². The number of benzene rings is 1. The van der Waals surface area contributed by atoms with Crippen LogP contribution in [0.1, 0.15) is 36.6 Å². The molecule has 1 aliphatic carbocycles. The van der Waals surface area contributed by atoms with E-state index in [9.17, 15) is 5.11 Å². The van der Waals surface area contributed by atoms with E-state index in [4.69, 9.17) is 0 Å². The molecule has 1 heterocycles. The van der Waals surface area contributed by atoms with Crippen LogP contribution in [0.15, 0.2) is 18.2 Å². The van der Waals surface area contributed by atoms with Crippen LogP contribution < -0.4 is 0 Å². The molecule has 1 aliphatic rings. The second kappa shape index (κ2) is 4.19. The van der Waals surface area contributed by atoms with Crippen molar-refractivity contribution in [1.82, 2.24) is 4.98 Å². The second-order valence-electron chi connectivity index (χ2n) is 5.22. The van der Waals surface area contributed by atoms with E-state index in [-0.39, 0.29) is 6.10 Å². The third-order valence-corrected chi connectivity index (χ3v) is 3.69. The number of fused-ring (bicyclic) bond motifs is 3.